The third-order valence-corrected chi connectivity index (χ3v) is 5.22. The monoisotopic (exact) mass is 383 g/mol. The summed E-state index contributed by atoms with van der Waals surface area (Å²) >= 11 is 0. The van der Waals surface area contributed by atoms with Crippen molar-refractivity contribution in [2.24, 2.45) is 0 Å². The van der Waals surface area contributed by atoms with Gasteiger partial charge in [0.25, 0.3) is 0 Å². The van der Waals surface area contributed by atoms with E-state index in [0.717, 1.165) is 47.8 Å². The van der Waals surface area contributed by atoms with Gasteiger partial charge in [-0.1, -0.05) is 24.3 Å². The number of hydrogen-bond donors (Lipinski definition) is 1. The number of aliphatic hydroxyl groups excluding tert-OH is 1. The summed E-state index contributed by atoms with van der Waals surface area (Å²) in [5, 5.41) is 14.6. The molecule has 1 aliphatic rings. The smallest absolute Gasteiger partial charge is 0.151 e. The number of likely N-dealkylation sites (tertiary alicyclic amines) is 1. The number of rotatable bonds is 4. The maximum absolute atomic E-state index is 14.3. The lowest BCUT2D eigenvalue weighted by molar-refractivity contribution is 0.0669. The van der Waals surface area contributed by atoms with E-state index in [1.807, 2.05) is 31.2 Å². The van der Waals surface area contributed by atoms with E-state index in [4.69, 9.17) is 0 Å². The zero-order chi connectivity index (χ0) is 19.7. The van der Waals surface area contributed by atoms with Gasteiger partial charge in [-0.05, 0) is 44.0 Å². The number of aryl methyl sites for hydroxylation is 1. The van der Waals surface area contributed by atoms with Gasteiger partial charge in [0, 0.05) is 36.5 Å². The summed E-state index contributed by atoms with van der Waals surface area (Å²) in [7, 11) is 0. The largest absolute Gasteiger partial charge is 0.392 e. The molecule has 0 unspecified atom stereocenters. The highest BCUT2D eigenvalue weighted by molar-refractivity contribution is 5.66. The summed E-state index contributed by atoms with van der Waals surface area (Å²) in [5.74, 6) is -1.27. The zero-order valence-electron chi connectivity index (χ0n) is 15.8. The molecule has 146 valence electrons. The van der Waals surface area contributed by atoms with Crippen molar-refractivity contribution < 1.29 is 13.9 Å². The molecule has 6 heteroatoms. The number of nitrogens with zero attached hydrogens (tertiary/aromatic N) is 3. The van der Waals surface area contributed by atoms with Gasteiger partial charge < -0.3 is 5.11 Å². The Labute approximate surface area is 163 Å². The van der Waals surface area contributed by atoms with E-state index < -0.39 is 11.6 Å². The number of hydrogen-bond acceptors (Lipinski definition) is 3. The lowest BCUT2D eigenvalue weighted by Gasteiger charge is -2.29. The van der Waals surface area contributed by atoms with Crippen LogP contribution in [0.5, 0.6) is 0 Å². The zero-order valence-corrected chi connectivity index (χ0v) is 15.8. The molecular weight excluding hydrogens is 360 g/mol. The number of aromatic nitrogens is 2. The molecule has 0 amide bonds. The molecule has 1 atom stereocenters. The van der Waals surface area contributed by atoms with Gasteiger partial charge in [-0.15, -0.1) is 0 Å². The summed E-state index contributed by atoms with van der Waals surface area (Å²) < 4.78 is 29.1. The van der Waals surface area contributed by atoms with Crippen LogP contribution < -0.4 is 0 Å². The molecule has 4 rings (SSSR count). The second-order valence-corrected chi connectivity index (χ2v) is 7.39. The highest BCUT2D eigenvalue weighted by atomic mass is 19.1. The molecule has 3 aromatic rings. The van der Waals surface area contributed by atoms with E-state index in [0.29, 0.717) is 13.1 Å². The first-order chi connectivity index (χ1) is 13.5. The van der Waals surface area contributed by atoms with Crippen molar-refractivity contribution in [2.45, 2.75) is 32.4 Å². The highest BCUT2D eigenvalue weighted by Gasteiger charge is 2.22. The minimum Gasteiger partial charge on any atom is -0.392 e. The molecule has 0 bridgehead atoms. The van der Waals surface area contributed by atoms with Crippen molar-refractivity contribution >= 4 is 0 Å². The van der Waals surface area contributed by atoms with Crippen LogP contribution in [-0.2, 0) is 6.54 Å². The van der Waals surface area contributed by atoms with Crippen LogP contribution >= 0.6 is 0 Å². The van der Waals surface area contributed by atoms with Crippen LogP contribution in [0.25, 0.3) is 16.9 Å². The maximum Gasteiger partial charge on any atom is 0.151 e. The van der Waals surface area contributed by atoms with Crippen molar-refractivity contribution in [1.82, 2.24) is 14.7 Å². The summed E-state index contributed by atoms with van der Waals surface area (Å²) in [5.41, 5.74) is 4.00. The van der Waals surface area contributed by atoms with Crippen LogP contribution in [0.2, 0.25) is 0 Å². The van der Waals surface area contributed by atoms with Gasteiger partial charge in [0.1, 0.15) is 11.5 Å². The molecule has 1 aliphatic heterocycles. The van der Waals surface area contributed by atoms with Gasteiger partial charge in [-0.2, -0.15) is 5.10 Å². The molecule has 2 heterocycles. The highest BCUT2D eigenvalue weighted by Crippen LogP contribution is 2.29. The second kappa shape index (κ2) is 7.81. The Bertz CT molecular complexity index is 986. The first-order valence-corrected chi connectivity index (χ1v) is 9.51. The molecule has 0 radical (unpaired) electrons. The van der Waals surface area contributed by atoms with Crippen molar-refractivity contribution in [3.05, 3.63) is 71.4 Å². The summed E-state index contributed by atoms with van der Waals surface area (Å²) in [4.78, 5) is 2.19. The van der Waals surface area contributed by atoms with E-state index in [2.05, 4.69) is 10.00 Å². The molecule has 1 aromatic heterocycles. The minimum atomic E-state index is -0.654. The molecule has 0 saturated carbocycles. The lowest BCUT2D eigenvalue weighted by atomic mass is 10.0. The third kappa shape index (κ3) is 3.84. The average molecular weight is 383 g/mol. The first kappa shape index (κ1) is 18.8. The predicted molar refractivity (Wildman–Crippen MR) is 104 cm³/mol. The summed E-state index contributed by atoms with van der Waals surface area (Å²) in [6.07, 6.45) is 3.25. The van der Waals surface area contributed by atoms with Crippen LogP contribution in [0, 0.1) is 18.6 Å². The van der Waals surface area contributed by atoms with Gasteiger partial charge >= 0.3 is 0 Å². The Kier molecular flexibility index (Phi) is 5.24. The fourth-order valence-electron chi connectivity index (χ4n) is 3.80. The van der Waals surface area contributed by atoms with Gasteiger partial charge in [-0.25, -0.2) is 13.5 Å². The van der Waals surface area contributed by atoms with Gasteiger partial charge in [-0.3, -0.25) is 4.90 Å². The van der Waals surface area contributed by atoms with Crippen molar-refractivity contribution in [3.8, 4) is 16.9 Å². The molecular formula is C22H23F2N3O. The topological polar surface area (TPSA) is 41.3 Å². The van der Waals surface area contributed by atoms with Crippen LogP contribution in [0.3, 0.4) is 0 Å². The Balaban J connectivity index is 1.76. The summed E-state index contributed by atoms with van der Waals surface area (Å²) in [6.45, 7) is 4.15. The van der Waals surface area contributed by atoms with Crippen molar-refractivity contribution in [2.75, 3.05) is 13.1 Å². The van der Waals surface area contributed by atoms with Crippen molar-refractivity contribution in [3.63, 3.8) is 0 Å². The SMILES string of the molecule is Cc1ccccc1-c1nn(-c2ccc(F)cc2F)cc1CN1CCC[C@@H](O)C1. The normalized spacial score (nSPS) is 17.8. The molecule has 0 aliphatic carbocycles. The van der Waals surface area contributed by atoms with E-state index >= 15 is 0 Å². The number of piperidine rings is 1. The number of benzene rings is 2. The number of β-amino-alcohol motifs (C(OH)–C–C–N with tert-alkyl or cyclic N) is 1. The van der Waals surface area contributed by atoms with E-state index in [1.165, 1.54) is 16.8 Å². The quantitative estimate of drug-likeness (QED) is 0.738. The standard InChI is InChI=1S/C22H23F2N3O/c1-15-5-2-3-7-19(15)22-16(12-26-10-4-6-18(28)14-26)13-27(25-22)21-9-8-17(23)11-20(21)24/h2-3,5,7-9,11,13,18,28H,4,6,10,12,14H2,1H3/t18-/m1/s1. The molecule has 1 N–H and O–H groups in total. The molecule has 1 saturated heterocycles. The average Bonchev–Trinajstić information content (AvgIpc) is 3.05. The van der Waals surface area contributed by atoms with Crippen LogP contribution in [0.4, 0.5) is 8.78 Å². The minimum absolute atomic E-state index is 0.209. The predicted octanol–water partition coefficient (Wildman–Crippen LogP) is 4.08. The molecule has 0 spiro atoms. The Morgan fingerprint density at radius 3 is 2.75 bits per heavy atom. The Morgan fingerprint density at radius 1 is 1.18 bits per heavy atom. The Morgan fingerprint density at radius 2 is 2.00 bits per heavy atom. The van der Waals surface area contributed by atoms with Crippen LogP contribution in [0.1, 0.15) is 24.0 Å². The van der Waals surface area contributed by atoms with Crippen LogP contribution in [0.15, 0.2) is 48.7 Å². The van der Waals surface area contributed by atoms with Gasteiger partial charge in [0.15, 0.2) is 5.82 Å². The van der Waals surface area contributed by atoms with E-state index in [1.54, 1.807) is 6.20 Å². The van der Waals surface area contributed by atoms with E-state index in [9.17, 15) is 13.9 Å². The molecule has 28 heavy (non-hydrogen) atoms. The fraction of sp³-hybridized carbons (Fsp3) is 0.318. The lowest BCUT2D eigenvalue weighted by Crippen LogP contribution is -2.37. The van der Waals surface area contributed by atoms with Gasteiger partial charge in [0.05, 0.1) is 11.8 Å². The molecule has 1 fully saturated rings. The maximum atomic E-state index is 14.3. The number of aliphatic hydroxyl groups is 1. The third-order valence-electron chi connectivity index (χ3n) is 5.22. The van der Waals surface area contributed by atoms with Crippen molar-refractivity contribution in [1.29, 1.82) is 0 Å². The van der Waals surface area contributed by atoms with Crippen LogP contribution in [-0.4, -0.2) is 39.0 Å². The Hall–Kier alpha value is -2.57. The van der Waals surface area contributed by atoms with E-state index in [-0.39, 0.29) is 11.8 Å². The number of halogens is 2. The first-order valence-electron chi connectivity index (χ1n) is 9.51. The summed E-state index contributed by atoms with van der Waals surface area (Å²) in [6, 6.07) is 11.4. The molecule has 4 nitrogen and oxygen atoms in total. The fourth-order valence-corrected chi connectivity index (χ4v) is 3.80. The second-order valence-electron chi connectivity index (χ2n) is 7.39. The van der Waals surface area contributed by atoms with Gasteiger partial charge in [0.2, 0.25) is 0 Å². The molecule has 2 aromatic carbocycles.